The van der Waals surface area contributed by atoms with Crippen LogP contribution in [0.15, 0.2) is 18.2 Å². The van der Waals surface area contributed by atoms with E-state index in [0.717, 1.165) is 6.42 Å². The van der Waals surface area contributed by atoms with Crippen LogP contribution in [0.1, 0.15) is 31.1 Å². The lowest BCUT2D eigenvalue weighted by Gasteiger charge is -2.12. The summed E-state index contributed by atoms with van der Waals surface area (Å²) in [5.74, 6) is 1.44. The maximum Gasteiger partial charge on any atom is 0.231 e. The highest BCUT2D eigenvalue weighted by Crippen LogP contribution is 2.32. The molecule has 0 radical (unpaired) electrons. The first-order valence-corrected chi connectivity index (χ1v) is 5.37. The van der Waals surface area contributed by atoms with Crippen molar-refractivity contribution >= 4 is 5.78 Å². The molecule has 1 unspecified atom stereocenters. The number of carbonyl (C=O) groups excluding carboxylic acids is 1. The van der Waals surface area contributed by atoms with Gasteiger partial charge in [-0.25, -0.2) is 0 Å². The topological polar surface area (TPSA) is 47.6 Å². The second-order valence-electron chi connectivity index (χ2n) is 3.68. The molecule has 4 nitrogen and oxygen atoms in total. The molecule has 0 aliphatic carbocycles. The van der Waals surface area contributed by atoms with E-state index in [-0.39, 0.29) is 26.0 Å². The Morgan fingerprint density at radius 1 is 1.41 bits per heavy atom. The van der Waals surface area contributed by atoms with Crippen LogP contribution in [0.5, 0.6) is 11.5 Å². The lowest BCUT2D eigenvalue weighted by molar-refractivity contribution is 0.0944. The van der Waals surface area contributed by atoms with Gasteiger partial charge in [-0.1, -0.05) is 14.4 Å². The SMILES string of the molecule is C.CCC(NC)C(=O)c1ccc2c(c1)OCO2. The van der Waals surface area contributed by atoms with Gasteiger partial charge >= 0.3 is 0 Å². The van der Waals surface area contributed by atoms with Crippen molar-refractivity contribution in [3.05, 3.63) is 23.8 Å². The van der Waals surface area contributed by atoms with E-state index in [1.54, 1.807) is 25.2 Å². The standard InChI is InChI=1S/C12H15NO3.CH4/c1-3-9(13-2)12(14)8-4-5-10-11(6-8)16-7-15-10;/h4-6,9,13H,3,7H2,1-2H3;1H4. The number of fused-ring (bicyclic) bond motifs is 1. The van der Waals surface area contributed by atoms with Crippen molar-refractivity contribution in [1.82, 2.24) is 5.32 Å². The summed E-state index contributed by atoms with van der Waals surface area (Å²) in [6, 6.07) is 5.15. The van der Waals surface area contributed by atoms with E-state index in [2.05, 4.69) is 5.32 Å². The number of ether oxygens (including phenoxy) is 2. The van der Waals surface area contributed by atoms with E-state index in [0.29, 0.717) is 17.1 Å². The van der Waals surface area contributed by atoms with Crippen molar-refractivity contribution in [2.24, 2.45) is 0 Å². The molecule has 0 spiro atoms. The fraction of sp³-hybridized carbons (Fsp3) is 0.462. The highest BCUT2D eigenvalue weighted by Gasteiger charge is 2.20. The summed E-state index contributed by atoms with van der Waals surface area (Å²) in [5, 5.41) is 3.00. The van der Waals surface area contributed by atoms with Gasteiger partial charge in [0.2, 0.25) is 6.79 Å². The molecule has 0 amide bonds. The van der Waals surface area contributed by atoms with Gasteiger partial charge in [-0.05, 0) is 31.7 Å². The minimum atomic E-state index is -0.139. The Balaban J connectivity index is 0.00000144. The first-order valence-electron chi connectivity index (χ1n) is 5.37. The largest absolute Gasteiger partial charge is 0.454 e. The van der Waals surface area contributed by atoms with Gasteiger partial charge in [0.15, 0.2) is 17.3 Å². The average Bonchev–Trinajstić information content (AvgIpc) is 2.77. The smallest absolute Gasteiger partial charge is 0.231 e. The van der Waals surface area contributed by atoms with Gasteiger partial charge in [0.1, 0.15) is 0 Å². The number of benzene rings is 1. The molecule has 4 heteroatoms. The van der Waals surface area contributed by atoms with E-state index in [1.807, 2.05) is 6.92 Å². The second kappa shape index (κ2) is 5.68. The molecule has 1 aliphatic heterocycles. The molecule has 0 saturated carbocycles. The number of hydrogen-bond acceptors (Lipinski definition) is 4. The second-order valence-corrected chi connectivity index (χ2v) is 3.68. The fourth-order valence-corrected chi connectivity index (χ4v) is 1.77. The van der Waals surface area contributed by atoms with Gasteiger partial charge < -0.3 is 14.8 Å². The maximum atomic E-state index is 12.0. The third-order valence-corrected chi connectivity index (χ3v) is 2.73. The van der Waals surface area contributed by atoms with Crippen molar-refractivity contribution in [3.63, 3.8) is 0 Å². The van der Waals surface area contributed by atoms with Crippen LogP contribution < -0.4 is 14.8 Å². The Kier molecular flexibility index (Phi) is 4.52. The Morgan fingerprint density at radius 2 is 2.12 bits per heavy atom. The highest BCUT2D eigenvalue weighted by atomic mass is 16.7. The van der Waals surface area contributed by atoms with Gasteiger partial charge in [-0.15, -0.1) is 0 Å². The molecule has 0 fully saturated rings. The third-order valence-electron chi connectivity index (χ3n) is 2.73. The van der Waals surface area contributed by atoms with Crippen molar-refractivity contribution in [2.75, 3.05) is 13.8 Å². The number of hydrogen-bond donors (Lipinski definition) is 1. The Morgan fingerprint density at radius 3 is 2.76 bits per heavy atom. The minimum Gasteiger partial charge on any atom is -0.454 e. The molecule has 0 aromatic heterocycles. The van der Waals surface area contributed by atoms with Crippen molar-refractivity contribution in [3.8, 4) is 11.5 Å². The summed E-state index contributed by atoms with van der Waals surface area (Å²) < 4.78 is 10.4. The third kappa shape index (κ3) is 2.58. The average molecular weight is 237 g/mol. The number of rotatable bonds is 4. The monoisotopic (exact) mass is 237 g/mol. The predicted molar refractivity (Wildman–Crippen MR) is 66.8 cm³/mol. The molecule has 1 aromatic rings. The normalized spacial score (nSPS) is 14.0. The van der Waals surface area contributed by atoms with Crippen molar-refractivity contribution in [2.45, 2.75) is 26.8 Å². The van der Waals surface area contributed by atoms with E-state index in [1.165, 1.54) is 0 Å². The number of likely N-dealkylation sites (N-methyl/N-ethyl adjacent to an activating group) is 1. The van der Waals surface area contributed by atoms with Crippen LogP contribution in [-0.4, -0.2) is 25.7 Å². The van der Waals surface area contributed by atoms with Crippen LogP contribution in [0.3, 0.4) is 0 Å². The minimum absolute atomic E-state index is 0. The first-order chi connectivity index (χ1) is 7.76. The zero-order chi connectivity index (χ0) is 11.5. The zero-order valence-electron chi connectivity index (χ0n) is 9.45. The summed E-state index contributed by atoms with van der Waals surface area (Å²) in [5.41, 5.74) is 0.658. The lowest BCUT2D eigenvalue weighted by Crippen LogP contribution is -2.33. The molecule has 1 atom stereocenters. The molecule has 1 heterocycles. The first kappa shape index (κ1) is 13.5. The van der Waals surface area contributed by atoms with Gasteiger partial charge in [0, 0.05) is 5.56 Å². The van der Waals surface area contributed by atoms with Crippen molar-refractivity contribution in [1.29, 1.82) is 0 Å². The van der Waals surface area contributed by atoms with Crippen LogP contribution in [-0.2, 0) is 0 Å². The molecular formula is C13H19NO3. The van der Waals surface area contributed by atoms with E-state index >= 15 is 0 Å². The Bertz CT molecular complexity index is 400. The zero-order valence-corrected chi connectivity index (χ0v) is 9.45. The van der Waals surface area contributed by atoms with Crippen molar-refractivity contribution < 1.29 is 14.3 Å². The van der Waals surface area contributed by atoms with Gasteiger partial charge in [0.25, 0.3) is 0 Å². The summed E-state index contributed by atoms with van der Waals surface area (Å²) in [7, 11) is 1.79. The van der Waals surface area contributed by atoms with Gasteiger partial charge in [-0.2, -0.15) is 0 Å². The highest BCUT2D eigenvalue weighted by molar-refractivity contribution is 6.00. The molecular weight excluding hydrogens is 218 g/mol. The fourth-order valence-electron chi connectivity index (χ4n) is 1.77. The number of carbonyl (C=O) groups is 1. The van der Waals surface area contributed by atoms with Crippen LogP contribution in [0.25, 0.3) is 0 Å². The maximum absolute atomic E-state index is 12.0. The molecule has 94 valence electrons. The van der Waals surface area contributed by atoms with E-state index in [9.17, 15) is 4.79 Å². The summed E-state index contributed by atoms with van der Waals surface area (Å²) in [6.07, 6.45) is 0.768. The number of nitrogens with one attached hydrogen (secondary N) is 1. The predicted octanol–water partition coefficient (Wildman–Crippen LogP) is 2.23. The number of ketones is 1. The summed E-state index contributed by atoms with van der Waals surface area (Å²) in [6.45, 7) is 2.21. The molecule has 0 saturated heterocycles. The van der Waals surface area contributed by atoms with Gasteiger partial charge in [-0.3, -0.25) is 4.79 Å². The van der Waals surface area contributed by atoms with Crippen LogP contribution >= 0.6 is 0 Å². The quantitative estimate of drug-likeness (QED) is 0.816. The molecule has 1 aliphatic rings. The van der Waals surface area contributed by atoms with Crippen LogP contribution in [0.2, 0.25) is 0 Å². The molecule has 17 heavy (non-hydrogen) atoms. The lowest BCUT2D eigenvalue weighted by atomic mass is 10.0. The van der Waals surface area contributed by atoms with Crippen LogP contribution in [0, 0.1) is 0 Å². The summed E-state index contributed by atoms with van der Waals surface area (Å²) in [4.78, 5) is 12.0. The van der Waals surface area contributed by atoms with Gasteiger partial charge in [0.05, 0.1) is 6.04 Å². The Hall–Kier alpha value is -1.55. The molecule has 1 aromatic carbocycles. The molecule has 1 N–H and O–H groups in total. The molecule has 2 rings (SSSR count). The molecule has 0 bridgehead atoms. The Labute approximate surface area is 102 Å². The van der Waals surface area contributed by atoms with E-state index in [4.69, 9.17) is 9.47 Å². The van der Waals surface area contributed by atoms with E-state index < -0.39 is 0 Å². The summed E-state index contributed by atoms with van der Waals surface area (Å²) >= 11 is 0. The number of Topliss-reactive ketones (excluding diaryl/α,β-unsaturated/α-hetero) is 1. The van der Waals surface area contributed by atoms with Crippen LogP contribution in [0.4, 0.5) is 0 Å².